The number of anilines is 1. The molecule has 7 nitrogen and oxygen atoms in total. The van der Waals surface area contributed by atoms with Crippen LogP contribution in [0.4, 0.5) is 10.2 Å². The first-order valence-electron chi connectivity index (χ1n) is 8.03. The first-order chi connectivity index (χ1) is 12.5. The number of nitrogens with zero attached hydrogens (tertiary/aromatic N) is 3. The van der Waals surface area contributed by atoms with Crippen molar-refractivity contribution < 1.29 is 19.0 Å². The van der Waals surface area contributed by atoms with Crippen LogP contribution in [0.3, 0.4) is 0 Å². The number of carbonyl (C=O) groups excluding carboxylic acids is 1. The lowest BCUT2D eigenvalue weighted by Gasteiger charge is -2.37. The summed E-state index contributed by atoms with van der Waals surface area (Å²) in [4.78, 5) is 22.1. The van der Waals surface area contributed by atoms with Crippen LogP contribution in [0.5, 0.6) is 5.88 Å². The zero-order valence-corrected chi connectivity index (χ0v) is 14.8. The molecule has 9 heteroatoms. The van der Waals surface area contributed by atoms with Crippen LogP contribution >= 0.6 is 11.6 Å². The molecule has 138 valence electrons. The van der Waals surface area contributed by atoms with Gasteiger partial charge in [-0.1, -0.05) is 11.6 Å². The van der Waals surface area contributed by atoms with Crippen molar-refractivity contribution in [2.24, 2.45) is 0 Å². The van der Waals surface area contributed by atoms with E-state index in [0.717, 1.165) is 0 Å². The topological polar surface area (TPSA) is 87.6 Å². The van der Waals surface area contributed by atoms with Crippen LogP contribution < -0.4 is 15.0 Å². The summed E-state index contributed by atoms with van der Waals surface area (Å²) in [5.41, 5.74) is 0.339. The van der Waals surface area contributed by atoms with Crippen LogP contribution in [0, 0.1) is 5.82 Å². The maximum atomic E-state index is 14.1. The van der Waals surface area contributed by atoms with Gasteiger partial charge in [0, 0.05) is 31.5 Å². The Morgan fingerprint density at radius 2 is 2.23 bits per heavy atom. The van der Waals surface area contributed by atoms with Gasteiger partial charge in [-0.15, -0.1) is 0 Å². The van der Waals surface area contributed by atoms with E-state index < -0.39 is 18.0 Å². The van der Waals surface area contributed by atoms with Gasteiger partial charge in [0.2, 0.25) is 5.88 Å². The Kier molecular flexibility index (Phi) is 5.53. The summed E-state index contributed by atoms with van der Waals surface area (Å²) in [6, 6.07) is 3.77. The number of pyridine rings is 2. The number of piperidine rings is 1. The van der Waals surface area contributed by atoms with Gasteiger partial charge >= 0.3 is 0 Å². The molecule has 3 heterocycles. The third-order valence-corrected chi connectivity index (χ3v) is 4.40. The van der Waals surface area contributed by atoms with E-state index in [2.05, 4.69) is 15.3 Å². The fourth-order valence-corrected chi connectivity index (χ4v) is 2.95. The van der Waals surface area contributed by atoms with Crippen LogP contribution in [0.25, 0.3) is 0 Å². The van der Waals surface area contributed by atoms with Crippen molar-refractivity contribution in [3.63, 3.8) is 0 Å². The van der Waals surface area contributed by atoms with Gasteiger partial charge in [-0.3, -0.25) is 4.79 Å². The number of carbonyl (C=O) groups is 1. The Morgan fingerprint density at radius 3 is 2.88 bits per heavy atom. The number of aliphatic hydroxyl groups excluding tert-OH is 1. The highest BCUT2D eigenvalue weighted by atomic mass is 35.5. The SMILES string of the molecule is COc1ccc(C(=O)N[C@@H]2CN(c3ncc(Cl)cc3F)CC[C@@H]2O)cn1. The molecule has 0 aliphatic carbocycles. The molecule has 1 amide bonds. The van der Waals surface area contributed by atoms with E-state index in [1.165, 1.54) is 25.6 Å². The van der Waals surface area contributed by atoms with Crippen molar-refractivity contribution in [3.8, 4) is 5.88 Å². The number of aromatic nitrogens is 2. The Morgan fingerprint density at radius 1 is 1.42 bits per heavy atom. The van der Waals surface area contributed by atoms with E-state index in [1.54, 1.807) is 17.0 Å². The third kappa shape index (κ3) is 4.03. The minimum absolute atomic E-state index is 0.145. The van der Waals surface area contributed by atoms with Gasteiger partial charge in [0.05, 0.1) is 29.8 Å². The van der Waals surface area contributed by atoms with Crippen molar-refractivity contribution >= 4 is 23.3 Å². The molecule has 1 fully saturated rings. The van der Waals surface area contributed by atoms with Gasteiger partial charge in [0.25, 0.3) is 5.91 Å². The number of methoxy groups -OCH3 is 1. The number of aliphatic hydroxyl groups is 1. The Labute approximate surface area is 154 Å². The Balaban J connectivity index is 1.70. The first kappa shape index (κ1) is 18.3. The smallest absolute Gasteiger partial charge is 0.253 e. The second kappa shape index (κ2) is 7.84. The highest BCUT2D eigenvalue weighted by Crippen LogP contribution is 2.23. The second-order valence-corrected chi connectivity index (χ2v) is 6.37. The monoisotopic (exact) mass is 380 g/mol. The minimum Gasteiger partial charge on any atom is -0.481 e. The molecule has 0 aromatic carbocycles. The number of hydrogen-bond acceptors (Lipinski definition) is 6. The van der Waals surface area contributed by atoms with Crippen LogP contribution in [-0.2, 0) is 0 Å². The summed E-state index contributed by atoms with van der Waals surface area (Å²) in [7, 11) is 1.49. The largest absolute Gasteiger partial charge is 0.481 e. The van der Waals surface area contributed by atoms with Crippen LogP contribution in [0.2, 0.25) is 5.02 Å². The van der Waals surface area contributed by atoms with Gasteiger partial charge in [-0.05, 0) is 18.6 Å². The molecule has 0 radical (unpaired) electrons. The summed E-state index contributed by atoms with van der Waals surface area (Å²) in [5.74, 6) is -0.379. The molecular weight excluding hydrogens is 363 g/mol. The number of halogens is 2. The molecule has 1 saturated heterocycles. The lowest BCUT2D eigenvalue weighted by molar-refractivity contribution is 0.0784. The average Bonchev–Trinajstić information content (AvgIpc) is 2.64. The van der Waals surface area contributed by atoms with E-state index in [1.807, 2.05) is 0 Å². The maximum absolute atomic E-state index is 14.1. The van der Waals surface area contributed by atoms with E-state index in [4.69, 9.17) is 16.3 Å². The molecule has 0 spiro atoms. The standard InChI is InChI=1S/C17H18ClFN4O3/c1-26-15-3-2-10(7-20-15)17(25)22-13-9-23(5-4-14(13)24)16-12(19)6-11(18)8-21-16/h2-3,6-8,13-14,24H,4-5,9H2,1H3,(H,22,25)/t13-,14+/m1/s1. The van der Waals surface area contributed by atoms with Crippen LogP contribution in [0.15, 0.2) is 30.6 Å². The van der Waals surface area contributed by atoms with Crippen molar-refractivity contribution in [2.45, 2.75) is 18.6 Å². The summed E-state index contributed by atoms with van der Waals surface area (Å²) in [6.45, 7) is 0.644. The summed E-state index contributed by atoms with van der Waals surface area (Å²) >= 11 is 5.73. The van der Waals surface area contributed by atoms with Gasteiger partial charge in [0.1, 0.15) is 0 Å². The van der Waals surface area contributed by atoms with Gasteiger partial charge in [-0.25, -0.2) is 14.4 Å². The second-order valence-electron chi connectivity index (χ2n) is 5.93. The summed E-state index contributed by atoms with van der Waals surface area (Å²) in [6.07, 6.45) is 2.38. The molecule has 3 rings (SSSR count). The van der Waals surface area contributed by atoms with Crippen molar-refractivity contribution in [2.75, 3.05) is 25.1 Å². The quantitative estimate of drug-likeness (QED) is 0.838. The Hall–Kier alpha value is -2.45. The number of ether oxygens (including phenoxy) is 1. The van der Waals surface area contributed by atoms with E-state index in [9.17, 15) is 14.3 Å². The summed E-state index contributed by atoms with van der Waals surface area (Å²) in [5, 5.41) is 13.2. The zero-order valence-electron chi connectivity index (χ0n) is 14.0. The van der Waals surface area contributed by atoms with Gasteiger partial charge in [0.15, 0.2) is 11.6 Å². The van der Waals surface area contributed by atoms with Crippen molar-refractivity contribution in [1.82, 2.24) is 15.3 Å². The highest BCUT2D eigenvalue weighted by Gasteiger charge is 2.31. The summed E-state index contributed by atoms with van der Waals surface area (Å²) < 4.78 is 19.1. The molecule has 1 aliphatic rings. The minimum atomic E-state index is -0.739. The molecule has 0 bridgehead atoms. The molecule has 2 aromatic heterocycles. The van der Waals surface area contributed by atoms with Crippen molar-refractivity contribution in [3.05, 3.63) is 47.0 Å². The molecule has 2 atom stereocenters. The van der Waals surface area contributed by atoms with E-state index in [0.29, 0.717) is 24.4 Å². The number of nitrogens with one attached hydrogen (secondary N) is 1. The molecule has 26 heavy (non-hydrogen) atoms. The lowest BCUT2D eigenvalue weighted by Crippen LogP contribution is -2.55. The lowest BCUT2D eigenvalue weighted by atomic mass is 10.0. The first-order valence-corrected chi connectivity index (χ1v) is 8.40. The maximum Gasteiger partial charge on any atom is 0.253 e. The highest BCUT2D eigenvalue weighted by molar-refractivity contribution is 6.30. The Bertz CT molecular complexity index is 790. The predicted molar refractivity (Wildman–Crippen MR) is 94.1 cm³/mol. The third-order valence-electron chi connectivity index (χ3n) is 4.19. The molecule has 2 aromatic rings. The van der Waals surface area contributed by atoms with Gasteiger partial charge in [-0.2, -0.15) is 0 Å². The van der Waals surface area contributed by atoms with Gasteiger partial charge < -0.3 is 20.1 Å². The molecule has 2 N–H and O–H groups in total. The molecule has 0 saturated carbocycles. The van der Waals surface area contributed by atoms with E-state index >= 15 is 0 Å². The van der Waals surface area contributed by atoms with Crippen LogP contribution in [-0.4, -0.2) is 53.3 Å². The van der Waals surface area contributed by atoms with Crippen molar-refractivity contribution in [1.29, 1.82) is 0 Å². The normalized spacial score (nSPS) is 19.9. The number of amides is 1. The molecule has 1 aliphatic heterocycles. The fraction of sp³-hybridized carbons (Fsp3) is 0.353. The predicted octanol–water partition coefficient (Wildman–Crippen LogP) is 1.65. The van der Waals surface area contributed by atoms with Crippen LogP contribution in [0.1, 0.15) is 16.8 Å². The number of rotatable bonds is 4. The molecular formula is C17H18ClFN4O3. The molecule has 0 unspecified atom stereocenters. The zero-order chi connectivity index (χ0) is 18.7. The fourth-order valence-electron chi connectivity index (χ4n) is 2.80. The van der Waals surface area contributed by atoms with E-state index in [-0.39, 0.29) is 23.3 Å². The number of hydrogen-bond donors (Lipinski definition) is 2. The average molecular weight is 381 g/mol.